The molecule has 0 atom stereocenters. The van der Waals surface area contributed by atoms with E-state index in [0.29, 0.717) is 32.8 Å². The van der Waals surface area contributed by atoms with Gasteiger partial charge in [-0.3, -0.25) is 0 Å². The highest BCUT2D eigenvalue weighted by atomic mass is 32.1. The molecule has 0 spiro atoms. The van der Waals surface area contributed by atoms with E-state index in [4.69, 9.17) is 4.74 Å². The molecule has 1 fully saturated rings. The summed E-state index contributed by atoms with van der Waals surface area (Å²) in [5.41, 5.74) is 3.41. The zero-order valence-electron chi connectivity index (χ0n) is 13.2. The van der Waals surface area contributed by atoms with Crippen LogP contribution in [-0.2, 0) is 11.2 Å². The minimum atomic E-state index is -0.0116. The molecular weight excluding hydrogens is 310 g/mol. The number of carbonyl (C=O) groups excluding carboxylic acids is 1. The third-order valence-electron chi connectivity index (χ3n) is 3.77. The third kappa shape index (κ3) is 4.30. The van der Waals surface area contributed by atoms with Crippen LogP contribution in [0.2, 0.25) is 0 Å². The summed E-state index contributed by atoms with van der Waals surface area (Å²) in [5, 5.41) is 6.05. The number of carbonyl (C=O) groups is 1. The molecule has 1 saturated heterocycles. The Labute approximate surface area is 140 Å². The van der Waals surface area contributed by atoms with Crippen LogP contribution in [0.4, 0.5) is 4.79 Å². The predicted octanol–water partition coefficient (Wildman–Crippen LogP) is 2.70. The number of nitrogens with one attached hydrogen (secondary N) is 1. The van der Waals surface area contributed by atoms with Crippen LogP contribution in [0, 0.1) is 6.92 Å². The van der Waals surface area contributed by atoms with E-state index >= 15 is 0 Å². The predicted molar refractivity (Wildman–Crippen MR) is 91.8 cm³/mol. The van der Waals surface area contributed by atoms with Crippen molar-refractivity contribution in [3.8, 4) is 10.6 Å². The molecule has 0 aliphatic carbocycles. The first-order valence-electron chi connectivity index (χ1n) is 7.84. The number of hydrogen-bond acceptors (Lipinski definition) is 4. The lowest BCUT2D eigenvalue weighted by atomic mass is 10.1. The van der Waals surface area contributed by atoms with Crippen molar-refractivity contribution in [1.29, 1.82) is 0 Å². The zero-order chi connectivity index (χ0) is 16.1. The molecule has 0 radical (unpaired) electrons. The molecule has 6 heteroatoms. The third-order valence-corrected chi connectivity index (χ3v) is 4.71. The summed E-state index contributed by atoms with van der Waals surface area (Å²) in [5.74, 6) is 0. The van der Waals surface area contributed by atoms with Gasteiger partial charge in [-0.15, -0.1) is 11.3 Å². The summed E-state index contributed by atoms with van der Waals surface area (Å²) < 4.78 is 5.25. The monoisotopic (exact) mass is 331 g/mol. The van der Waals surface area contributed by atoms with Gasteiger partial charge in [-0.05, 0) is 13.0 Å². The van der Waals surface area contributed by atoms with Gasteiger partial charge in [0.1, 0.15) is 5.01 Å². The Kier molecular flexibility index (Phi) is 5.25. The van der Waals surface area contributed by atoms with Crippen LogP contribution in [0.25, 0.3) is 10.6 Å². The van der Waals surface area contributed by atoms with E-state index in [1.807, 2.05) is 6.07 Å². The minimum absolute atomic E-state index is 0.0116. The van der Waals surface area contributed by atoms with Gasteiger partial charge >= 0.3 is 6.03 Å². The SMILES string of the molecule is Cc1cccc(-c2nc(CCNC(=O)N3CCOCC3)cs2)c1. The van der Waals surface area contributed by atoms with E-state index in [1.165, 1.54) is 5.56 Å². The molecule has 2 heterocycles. The highest BCUT2D eigenvalue weighted by molar-refractivity contribution is 7.13. The summed E-state index contributed by atoms with van der Waals surface area (Å²) in [6.45, 7) is 5.27. The van der Waals surface area contributed by atoms with Crippen LogP contribution in [0.5, 0.6) is 0 Å². The van der Waals surface area contributed by atoms with Crippen molar-refractivity contribution in [1.82, 2.24) is 15.2 Å². The maximum atomic E-state index is 12.0. The van der Waals surface area contributed by atoms with E-state index in [1.54, 1.807) is 16.2 Å². The van der Waals surface area contributed by atoms with Gasteiger partial charge < -0.3 is 15.0 Å². The fourth-order valence-electron chi connectivity index (χ4n) is 2.51. The molecule has 1 N–H and O–H groups in total. The lowest BCUT2D eigenvalue weighted by molar-refractivity contribution is 0.0533. The number of benzene rings is 1. The van der Waals surface area contributed by atoms with Gasteiger partial charge in [-0.1, -0.05) is 23.8 Å². The first-order chi connectivity index (χ1) is 11.2. The van der Waals surface area contributed by atoms with Gasteiger partial charge in [0.15, 0.2) is 0 Å². The van der Waals surface area contributed by atoms with Crippen molar-refractivity contribution in [2.45, 2.75) is 13.3 Å². The van der Waals surface area contributed by atoms with E-state index in [9.17, 15) is 4.79 Å². The number of hydrogen-bond donors (Lipinski definition) is 1. The van der Waals surface area contributed by atoms with Crippen molar-refractivity contribution in [2.75, 3.05) is 32.8 Å². The van der Waals surface area contributed by atoms with Crippen LogP contribution >= 0.6 is 11.3 Å². The molecule has 2 aromatic rings. The second-order valence-electron chi connectivity index (χ2n) is 5.59. The molecule has 122 valence electrons. The topological polar surface area (TPSA) is 54.5 Å². The molecule has 0 bridgehead atoms. The number of ether oxygens (including phenoxy) is 1. The quantitative estimate of drug-likeness (QED) is 0.937. The van der Waals surface area contributed by atoms with Gasteiger partial charge in [0.2, 0.25) is 0 Å². The van der Waals surface area contributed by atoms with Crippen molar-refractivity contribution in [3.63, 3.8) is 0 Å². The summed E-state index contributed by atoms with van der Waals surface area (Å²) >= 11 is 1.65. The lowest BCUT2D eigenvalue weighted by Crippen LogP contribution is -2.46. The van der Waals surface area contributed by atoms with Gasteiger partial charge in [0.05, 0.1) is 18.9 Å². The number of aromatic nitrogens is 1. The molecule has 3 rings (SSSR count). The van der Waals surface area contributed by atoms with Crippen molar-refractivity contribution >= 4 is 17.4 Å². The van der Waals surface area contributed by atoms with Crippen LogP contribution in [0.3, 0.4) is 0 Å². The molecule has 1 aliphatic heterocycles. The normalized spacial score (nSPS) is 14.7. The first kappa shape index (κ1) is 16.0. The Balaban J connectivity index is 1.50. The number of nitrogens with zero attached hydrogens (tertiary/aromatic N) is 2. The van der Waals surface area contributed by atoms with Gasteiger partial charge in [0.25, 0.3) is 0 Å². The van der Waals surface area contributed by atoms with Crippen LogP contribution in [-0.4, -0.2) is 48.8 Å². The summed E-state index contributed by atoms with van der Waals surface area (Å²) in [7, 11) is 0. The van der Waals surface area contributed by atoms with Gasteiger partial charge in [0, 0.05) is 37.0 Å². The van der Waals surface area contributed by atoms with Gasteiger partial charge in [-0.25, -0.2) is 9.78 Å². The fraction of sp³-hybridized carbons (Fsp3) is 0.412. The van der Waals surface area contributed by atoms with E-state index in [0.717, 1.165) is 22.7 Å². The minimum Gasteiger partial charge on any atom is -0.378 e. The Morgan fingerprint density at radius 3 is 3.00 bits per heavy atom. The maximum absolute atomic E-state index is 12.0. The number of urea groups is 1. The molecule has 2 amide bonds. The average Bonchev–Trinajstić information content (AvgIpc) is 3.04. The maximum Gasteiger partial charge on any atom is 0.317 e. The highest BCUT2D eigenvalue weighted by Crippen LogP contribution is 2.24. The van der Waals surface area contributed by atoms with Crippen LogP contribution < -0.4 is 5.32 Å². The first-order valence-corrected chi connectivity index (χ1v) is 8.72. The van der Waals surface area contributed by atoms with E-state index in [2.05, 4.69) is 40.8 Å². The zero-order valence-corrected chi connectivity index (χ0v) is 14.1. The molecule has 1 aromatic heterocycles. The molecule has 0 unspecified atom stereocenters. The number of amides is 2. The summed E-state index contributed by atoms with van der Waals surface area (Å²) in [6, 6.07) is 8.34. The fourth-order valence-corrected chi connectivity index (χ4v) is 3.36. The molecule has 0 saturated carbocycles. The second kappa shape index (κ2) is 7.57. The summed E-state index contributed by atoms with van der Waals surface area (Å²) in [6.07, 6.45) is 0.748. The lowest BCUT2D eigenvalue weighted by Gasteiger charge is -2.26. The second-order valence-corrected chi connectivity index (χ2v) is 6.45. The molecular formula is C17H21N3O2S. The molecule has 1 aromatic carbocycles. The molecule has 5 nitrogen and oxygen atoms in total. The standard InChI is InChI=1S/C17H21N3O2S/c1-13-3-2-4-14(11-13)16-19-15(12-23-16)5-6-18-17(21)20-7-9-22-10-8-20/h2-4,11-12H,5-10H2,1H3,(H,18,21). The van der Waals surface area contributed by atoms with Crippen LogP contribution in [0.1, 0.15) is 11.3 Å². The Morgan fingerprint density at radius 1 is 1.39 bits per heavy atom. The average molecular weight is 331 g/mol. The summed E-state index contributed by atoms with van der Waals surface area (Å²) in [4.78, 5) is 18.5. The molecule has 23 heavy (non-hydrogen) atoms. The number of aryl methyl sites for hydroxylation is 1. The van der Waals surface area contributed by atoms with Crippen molar-refractivity contribution in [2.24, 2.45) is 0 Å². The smallest absolute Gasteiger partial charge is 0.317 e. The molecule has 1 aliphatic rings. The Bertz CT molecular complexity index is 665. The van der Waals surface area contributed by atoms with Gasteiger partial charge in [-0.2, -0.15) is 0 Å². The number of thiazole rings is 1. The van der Waals surface area contributed by atoms with E-state index < -0.39 is 0 Å². The Morgan fingerprint density at radius 2 is 2.22 bits per heavy atom. The van der Waals surface area contributed by atoms with Crippen molar-refractivity contribution in [3.05, 3.63) is 40.9 Å². The van der Waals surface area contributed by atoms with Crippen LogP contribution in [0.15, 0.2) is 29.6 Å². The van der Waals surface area contributed by atoms with E-state index in [-0.39, 0.29) is 6.03 Å². The van der Waals surface area contributed by atoms with Crippen molar-refractivity contribution < 1.29 is 9.53 Å². The number of morpholine rings is 1. The Hall–Kier alpha value is -1.92. The highest BCUT2D eigenvalue weighted by Gasteiger charge is 2.16. The largest absolute Gasteiger partial charge is 0.378 e. The number of rotatable bonds is 4.